The molecule has 0 spiro atoms. The summed E-state index contributed by atoms with van der Waals surface area (Å²) in [5.74, 6) is -1.49. The zero-order chi connectivity index (χ0) is 54.7. The Morgan fingerprint density at radius 3 is 1.29 bits per heavy atom. The molecule has 2 saturated heterocycles. The molecule has 0 bridgehead atoms. The molecule has 412 valence electrons. The molecular formula is C64H61NO13S2. The van der Waals surface area contributed by atoms with Crippen LogP contribution in [0.5, 0.6) is 0 Å². The zero-order valence-corrected chi connectivity index (χ0v) is 45.3. The van der Waals surface area contributed by atoms with E-state index in [0.717, 1.165) is 28.0 Å². The highest BCUT2D eigenvalue weighted by Gasteiger charge is 2.55. The molecule has 14 nitrogen and oxygen atoms in total. The monoisotopic (exact) mass is 1120 g/mol. The number of carbonyl (C=O) groups is 3. The van der Waals surface area contributed by atoms with Gasteiger partial charge >= 0.3 is 17.9 Å². The summed E-state index contributed by atoms with van der Waals surface area (Å²) in [5.41, 5.74) is 3.32. The lowest BCUT2D eigenvalue weighted by molar-refractivity contribution is -0.335. The van der Waals surface area contributed by atoms with Gasteiger partial charge in [0.05, 0.1) is 62.9 Å². The van der Waals surface area contributed by atoms with Gasteiger partial charge in [0.2, 0.25) is 0 Å². The van der Waals surface area contributed by atoms with Crippen LogP contribution >= 0.6 is 23.5 Å². The number of rotatable bonds is 23. The first-order valence-corrected chi connectivity index (χ1v) is 28.4. The lowest BCUT2D eigenvalue weighted by atomic mass is 9.97. The molecule has 10 rings (SSSR count). The number of carbonyl (C=O) groups excluding carboxylic acids is 3. The molecule has 0 radical (unpaired) electrons. The minimum atomic E-state index is -1.47. The molecule has 3 aliphatic heterocycles. The molecule has 80 heavy (non-hydrogen) atoms. The minimum Gasteiger partial charge on any atom is -0.452 e. The normalized spacial score (nSPS) is 23.6. The summed E-state index contributed by atoms with van der Waals surface area (Å²) in [6.07, 6.45) is -10.1. The van der Waals surface area contributed by atoms with E-state index in [2.05, 4.69) is 0 Å². The van der Waals surface area contributed by atoms with Crippen molar-refractivity contribution in [2.45, 2.75) is 87.0 Å². The quantitative estimate of drug-likeness (QED) is 0.0440. The molecule has 0 amide bonds. The number of aliphatic imine (C=N–C) groups is 1. The van der Waals surface area contributed by atoms with Crippen molar-refractivity contribution in [3.63, 3.8) is 0 Å². The van der Waals surface area contributed by atoms with E-state index < -0.39 is 78.5 Å². The van der Waals surface area contributed by atoms with E-state index in [1.807, 2.05) is 121 Å². The molecular weight excluding hydrogens is 1050 g/mol. The second-order valence-corrected chi connectivity index (χ2v) is 21.5. The Balaban J connectivity index is 1.04. The van der Waals surface area contributed by atoms with Crippen LogP contribution < -0.4 is 0 Å². The van der Waals surface area contributed by atoms with Crippen LogP contribution in [0.25, 0.3) is 0 Å². The highest BCUT2D eigenvalue weighted by Crippen LogP contribution is 2.40. The molecule has 7 aromatic rings. The zero-order valence-electron chi connectivity index (χ0n) is 43.7. The second kappa shape index (κ2) is 29.0. The fourth-order valence-corrected chi connectivity index (χ4v) is 11.6. The van der Waals surface area contributed by atoms with E-state index in [1.54, 1.807) is 91.0 Å². The lowest BCUT2D eigenvalue weighted by Gasteiger charge is -2.47. The van der Waals surface area contributed by atoms with E-state index >= 15 is 0 Å². The highest BCUT2D eigenvalue weighted by molar-refractivity contribution is 8.39. The Bertz CT molecular complexity index is 3040. The fraction of sp³-hybridized carbons (Fsp3) is 0.281. The summed E-state index contributed by atoms with van der Waals surface area (Å²) >= 11 is 2.74. The average Bonchev–Trinajstić information content (AvgIpc) is 4.10. The SMILES string of the molecule is O=C(OC1C(COC2OC(COCc3ccccc3)C(OCc3ccccc3)C(OCc3ccccc3)C2OCc2ccccc2)OC(SC2=NCCS2)C(OC(=O)c2ccccc2)C1OC(=O)c1ccccc1)c1ccccc1. The molecule has 7 aromatic carbocycles. The molecule has 10 unspecified atom stereocenters. The third kappa shape index (κ3) is 15.5. The third-order valence-electron chi connectivity index (χ3n) is 13.4. The molecule has 0 aromatic heterocycles. The van der Waals surface area contributed by atoms with Gasteiger partial charge in [-0.15, -0.1) is 0 Å². The number of hydrogen-bond acceptors (Lipinski definition) is 16. The van der Waals surface area contributed by atoms with Crippen LogP contribution in [-0.2, 0) is 73.8 Å². The van der Waals surface area contributed by atoms with Crippen molar-refractivity contribution in [3.05, 3.63) is 251 Å². The van der Waals surface area contributed by atoms with Crippen LogP contribution in [0.4, 0.5) is 0 Å². The smallest absolute Gasteiger partial charge is 0.338 e. The topological polar surface area (TPSA) is 156 Å². The van der Waals surface area contributed by atoms with Crippen LogP contribution in [0.3, 0.4) is 0 Å². The standard InChI is InChI=1S/C64H61NO13S2/c66-59(48-30-16-5-17-31-48)76-54-52(75-63(80-64-65-36-37-79-64)58(78-61(68)50-34-20-7-21-35-50)56(54)77-60(67)49-32-18-6-19-33-49)43-73-62-57(72-41-47-28-14-4-15-29-47)55(71-40-46-26-12-3-13-27-46)53(70-39-45-24-10-2-11-25-45)51(74-62)42-69-38-44-22-8-1-9-23-44/h1-35,51-58,62-63H,36-43H2. The number of ether oxygens (including phenoxy) is 10. The Kier molecular flexibility index (Phi) is 20.4. The number of thioether (sulfide) groups is 2. The van der Waals surface area contributed by atoms with Gasteiger partial charge in [-0.1, -0.05) is 199 Å². The van der Waals surface area contributed by atoms with Gasteiger partial charge in [-0.25, -0.2) is 14.4 Å². The highest BCUT2D eigenvalue weighted by atomic mass is 32.2. The minimum absolute atomic E-state index is 0.0620. The maximum Gasteiger partial charge on any atom is 0.338 e. The van der Waals surface area contributed by atoms with Crippen LogP contribution in [0, 0.1) is 0 Å². The lowest BCUT2D eigenvalue weighted by Crippen LogP contribution is -2.64. The summed E-state index contributed by atoms with van der Waals surface area (Å²) in [6.45, 7) is 1.12. The van der Waals surface area contributed by atoms with Crippen molar-refractivity contribution in [1.29, 1.82) is 0 Å². The number of benzene rings is 7. The second-order valence-electron chi connectivity index (χ2n) is 19.0. The maximum absolute atomic E-state index is 14.4. The first-order valence-electron chi connectivity index (χ1n) is 26.5. The van der Waals surface area contributed by atoms with Crippen molar-refractivity contribution in [3.8, 4) is 0 Å². The van der Waals surface area contributed by atoms with Gasteiger partial charge in [0.1, 0.15) is 34.9 Å². The van der Waals surface area contributed by atoms with Crippen molar-refractivity contribution < 1.29 is 61.8 Å². The van der Waals surface area contributed by atoms with Crippen molar-refractivity contribution in [2.24, 2.45) is 4.99 Å². The molecule has 0 saturated carbocycles. The molecule has 0 aliphatic carbocycles. The van der Waals surface area contributed by atoms with E-state index in [4.69, 9.17) is 52.4 Å². The number of nitrogens with zero attached hydrogens (tertiary/aromatic N) is 1. The Hall–Kier alpha value is -6.96. The van der Waals surface area contributed by atoms with Crippen molar-refractivity contribution >= 4 is 45.8 Å². The van der Waals surface area contributed by atoms with E-state index in [1.165, 1.54) is 23.5 Å². The van der Waals surface area contributed by atoms with E-state index in [-0.39, 0.29) is 56.3 Å². The van der Waals surface area contributed by atoms with Crippen LogP contribution in [0.1, 0.15) is 53.3 Å². The number of esters is 3. The Morgan fingerprint density at radius 2 is 0.825 bits per heavy atom. The average molecular weight is 1120 g/mol. The predicted molar refractivity (Wildman–Crippen MR) is 304 cm³/mol. The summed E-state index contributed by atoms with van der Waals surface area (Å²) in [7, 11) is 0. The Morgan fingerprint density at radius 1 is 0.425 bits per heavy atom. The third-order valence-corrected chi connectivity index (χ3v) is 15.7. The fourth-order valence-electron chi connectivity index (χ4n) is 9.36. The summed E-state index contributed by atoms with van der Waals surface area (Å²) in [4.78, 5) is 47.8. The molecule has 10 atom stereocenters. The largest absolute Gasteiger partial charge is 0.452 e. The van der Waals surface area contributed by atoms with Crippen LogP contribution in [0.2, 0.25) is 0 Å². The van der Waals surface area contributed by atoms with Gasteiger partial charge in [-0.3, -0.25) is 4.99 Å². The van der Waals surface area contributed by atoms with Gasteiger partial charge in [-0.2, -0.15) is 0 Å². The Labute approximate surface area is 474 Å². The van der Waals surface area contributed by atoms with Gasteiger partial charge < -0.3 is 47.4 Å². The van der Waals surface area contributed by atoms with Gasteiger partial charge in [-0.05, 0) is 58.7 Å². The summed E-state index contributed by atoms with van der Waals surface area (Å²) in [6, 6.07) is 64.5. The van der Waals surface area contributed by atoms with Crippen LogP contribution in [0.15, 0.2) is 217 Å². The van der Waals surface area contributed by atoms with Gasteiger partial charge in [0.15, 0.2) is 30.0 Å². The predicted octanol–water partition coefficient (Wildman–Crippen LogP) is 10.9. The van der Waals surface area contributed by atoms with Crippen molar-refractivity contribution in [2.75, 3.05) is 25.5 Å². The molecule has 3 aliphatic rings. The molecule has 16 heteroatoms. The first-order chi connectivity index (χ1) is 39.4. The maximum atomic E-state index is 14.4. The van der Waals surface area contributed by atoms with E-state index in [0.29, 0.717) is 10.9 Å². The van der Waals surface area contributed by atoms with Gasteiger partial charge in [0, 0.05) is 5.75 Å². The van der Waals surface area contributed by atoms with Crippen molar-refractivity contribution in [1.82, 2.24) is 0 Å². The summed E-state index contributed by atoms with van der Waals surface area (Å²) in [5, 5.41) is 0. The summed E-state index contributed by atoms with van der Waals surface area (Å²) < 4.78 is 68.4. The molecule has 3 heterocycles. The van der Waals surface area contributed by atoms with Crippen LogP contribution in [-0.4, -0.2) is 108 Å². The number of hydrogen-bond donors (Lipinski definition) is 0. The molecule has 0 N–H and O–H groups in total. The van der Waals surface area contributed by atoms with E-state index in [9.17, 15) is 14.4 Å². The molecule has 2 fully saturated rings. The first kappa shape index (κ1) is 56.3. The van der Waals surface area contributed by atoms with Gasteiger partial charge in [0.25, 0.3) is 0 Å².